The first kappa shape index (κ1) is 10.8. The minimum Gasteiger partial charge on any atom is -0.212 e. The Morgan fingerprint density at radius 1 is 1.40 bits per heavy atom. The highest BCUT2D eigenvalue weighted by Crippen LogP contribution is 2.16. The van der Waals surface area contributed by atoms with E-state index in [-0.39, 0.29) is 12.3 Å². The molecular formula is C8H10ClN3O2S. The van der Waals surface area contributed by atoms with Crippen LogP contribution >= 0.6 is 11.6 Å². The summed E-state index contributed by atoms with van der Waals surface area (Å²) >= 11 is 5.58. The van der Waals surface area contributed by atoms with Gasteiger partial charge in [-0.25, -0.2) is 8.42 Å². The lowest BCUT2D eigenvalue weighted by Gasteiger charge is -2.12. The maximum atomic E-state index is 11.5. The highest BCUT2D eigenvalue weighted by atomic mass is 35.5. The summed E-state index contributed by atoms with van der Waals surface area (Å²) in [6, 6.07) is 3.29. The van der Waals surface area contributed by atoms with Gasteiger partial charge in [-0.15, -0.1) is 5.10 Å². The highest BCUT2D eigenvalue weighted by Gasteiger charge is 2.28. The van der Waals surface area contributed by atoms with Crippen LogP contribution in [0.2, 0.25) is 5.15 Å². The van der Waals surface area contributed by atoms with E-state index in [1.54, 1.807) is 12.1 Å². The van der Waals surface area contributed by atoms with Gasteiger partial charge in [0.05, 0.1) is 18.0 Å². The van der Waals surface area contributed by atoms with Crippen LogP contribution in [0.1, 0.15) is 12.1 Å². The minimum absolute atomic E-state index is 0.230. The fourth-order valence-electron chi connectivity index (χ4n) is 1.48. The quantitative estimate of drug-likeness (QED) is 0.771. The topological polar surface area (TPSA) is 63.2 Å². The molecule has 0 N–H and O–H groups in total. The van der Waals surface area contributed by atoms with Gasteiger partial charge in [-0.2, -0.15) is 9.40 Å². The largest absolute Gasteiger partial charge is 0.214 e. The molecule has 0 bridgehead atoms. The second-order valence-electron chi connectivity index (χ2n) is 3.35. The zero-order valence-electron chi connectivity index (χ0n) is 7.93. The second-order valence-corrected chi connectivity index (χ2v) is 5.83. The zero-order valence-corrected chi connectivity index (χ0v) is 9.50. The Hall–Kier alpha value is -0.720. The van der Waals surface area contributed by atoms with Crippen molar-refractivity contribution in [1.29, 1.82) is 0 Å². The van der Waals surface area contributed by atoms with Gasteiger partial charge >= 0.3 is 0 Å². The smallest absolute Gasteiger partial charge is 0.212 e. The number of sulfonamides is 1. The predicted octanol–water partition coefficient (Wildman–Crippen LogP) is 0.666. The fraction of sp³-hybridized carbons (Fsp3) is 0.500. The van der Waals surface area contributed by atoms with Crippen LogP contribution in [-0.2, 0) is 16.6 Å². The number of hydrogen-bond acceptors (Lipinski definition) is 4. The van der Waals surface area contributed by atoms with E-state index >= 15 is 0 Å². The Morgan fingerprint density at radius 2 is 2.20 bits per heavy atom. The molecule has 0 radical (unpaired) electrons. The van der Waals surface area contributed by atoms with E-state index < -0.39 is 10.0 Å². The van der Waals surface area contributed by atoms with E-state index in [9.17, 15) is 8.42 Å². The molecule has 0 spiro atoms. The first-order chi connectivity index (χ1) is 7.08. The molecule has 1 aromatic rings. The summed E-state index contributed by atoms with van der Waals surface area (Å²) in [5.41, 5.74) is 0.616. The first-order valence-corrected chi connectivity index (χ1v) is 6.52. The van der Waals surface area contributed by atoms with Gasteiger partial charge in [-0.1, -0.05) is 11.6 Å². The Balaban J connectivity index is 2.12. The van der Waals surface area contributed by atoms with E-state index in [1.807, 2.05) is 0 Å². The highest BCUT2D eigenvalue weighted by molar-refractivity contribution is 7.89. The molecule has 1 saturated heterocycles. The molecule has 2 heterocycles. The lowest BCUT2D eigenvalue weighted by molar-refractivity contribution is 0.433. The van der Waals surface area contributed by atoms with Gasteiger partial charge < -0.3 is 0 Å². The molecule has 15 heavy (non-hydrogen) atoms. The van der Waals surface area contributed by atoms with Gasteiger partial charge in [0.25, 0.3) is 0 Å². The second kappa shape index (κ2) is 4.03. The van der Waals surface area contributed by atoms with Gasteiger partial charge in [0.15, 0.2) is 5.15 Å². The number of rotatable bonds is 2. The molecule has 2 rings (SSSR count). The van der Waals surface area contributed by atoms with E-state index in [0.717, 1.165) is 0 Å². The number of nitrogens with zero attached hydrogens (tertiary/aromatic N) is 3. The van der Waals surface area contributed by atoms with Crippen LogP contribution in [-0.4, -0.2) is 35.2 Å². The van der Waals surface area contributed by atoms with Crippen LogP contribution in [0.4, 0.5) is 0 Å². The molecule has 7 heteroatoms. The number of aromatic nitrogens is 2. The van der Waals surface area contributed by atoms with Crippen molar-refractivity contribution >= 4 is 21.6 Å². The van der Waals surface area contributed by atoms with Crippen molar-refractivity contribution in [2.75, 3.05) is 12.3 Å². The van der Waals surface area contributed by atoms with Crippen LogP contribution in [0, 0.1) is 0 Å². The van der Waals surface area contributed by atoms with Gasteiger partial charge in [0, 0.05) is 6.54 Å². The molecule has 1 fully saturated rings. The SMILES string of the molecule is O=S1(=O)CCCN1Cc1ccc(Cl)nn1. The molecule has 1 aromatic heterocycles. The number of hydrogen-bond donors (Lipinski definition) is 0. The normalized spacial score (nSPS) is 20.6. The summed E-state index contributed by atoms with van der Waals surface area (Å²) in [5.74, 6) is 0.230. The van der Waals surface area contributed by atoms with Crippen molar-refractivity contribution in [2.24, 2.45) is 0 Å². The van der Waals surface area contributed by atoms with Crippen molar-refractivity contribution in [2.45, 2.75) is 13.0 Å². The van der Waals surface area contributed by atoms with Crippen molar-refractivity contribution in [3.63, 3.8) is 0 Å². The average Bonchev–Trinajstić information content (AvgIpc) is 2.50. The fourth-order valence-corrected chi connectivity index (χ4v) is 3.07. The van der Waals surface area contributed by atoms with Crippen LogP contribution in [0.25, 0.3) is 0 Å². The van der Waals surface area contributed by atoms with Crippen LogP contribution in [0.15, 0.2) is 12.1 Å². The Kier molecular flexibility index (Phi) is 2.90. The minimum atomic E-state index is -3.06. The molecule has 0 aliphatic carbocycles. The maximum Gasteiger partial charge on any atom is 0.214 e. The molecule has 82 valence electrons. The predicted molar refractivity (Wildman–Crippen MR) is 55.9 cm³/mol. The molecule has 0 unspecified atom stereocenters. The number of halogens is 1. The summed E-state index contributed by atoms with van der Waals surface area (Å²) in [6.45, 7) is 0.846. The van der Waals surface area contributed by atoms with Crippen molar-refractivity contribution < 1.29 is 8.42 Å². The summed E-state index contributed by atoms with van der Waals surface area (Å²) in [5, 5.41) is 7.79. The third kappa shape index (κ3) is 2.45. The molecule has 1 aliphatic heterocycles. The zero-order chi connectivity index (χ0) is 10.9. The van der Waals surface area contributed by atoms with Gasteiger partial charge in [-0.3, -0.25) is 0 Å². The molecule has 0 saturated carbocycles. The van der Waals surface area contributed by atoms with E-state index in [0.29, 0.717) is 23.8 Å². The van der Waals surface area contributed by atoms with E-state index in [4.69, 9.17) is 11.6 Å². The lowest BCUT2D eigenvalue weighted by Crippen LogP contribution is -2.25. The first-order valence-electron chi connectivity index (χ1n) is 4.54. The molecule has 0 aromatic carbocycles. The lowest BCUT2D eigenvalue weighted by atomic mass is 10.4. The Labute approximate surface area is 93.1 Å². The Bertz CT molecular complexity index is 445. The average molecular weight is 248 g/mol. The van der Waals surface area contributed by atoms with E-state index in [2.05, 4.69) is 10.2 Å². The summed E-state index contributed by atoms with van der Waals surface area (Å²) in [7, 11) is -3.06. The third-order valence-electron chi connectivity index (χ3n) is 2.23. The maximum absolute atomic E-state index is 11.5. The standard InChI is InChI=1S/C8H10ClN3O2S/c9-8-3-2-7(10-11-8)6-12-4-1-5-15(12,13)14/h2-3H,1,4-6H2. The van der Waals surface area contributed by atoms with Gasteiger partial charge in [0.1, 0.15) is 0 Å². The molecule has 0 atom stereocenters. The summed E-state index contributed by atoms with van der Waals surface area (Å²) in [4.78, 5) is 0. The monoisotopic (exact) mass is 247 g/mol. The van der Waals surface area contributed by atoms with Crippen LogP contribution in [0.5, 0.6) is 0 Å². The summed E-state index contributed by atoms with van der Waals surface area (Å²) in [6.07, 6.45) is 0.684. The van der Waals surface area contributed by atoms with Gasteiger partial charge in [0.2, 0.25) is 10.0 Å². The van der Waals surface area contributed by atoms with Crippen molar-refractivity contribution in [3.8, 4) is 0 Å². The molecule has 1 aliphatic rings. The molecule has 0 amide bonds. The third-order valence-corrected chi connectivity index (χ3v) is 4.33. The Morgan fingerprint density at radius 3 is 2.73 bits per heavy atom. The van der Waals surface area contributed by atoms with E-state index in [1.165, 1.54) is 4.31 Å². The van der Waals surface area contributed by atoms with Crippen molar-refractivity contribution in [3.05, 3.63) is 23.0 Å². The van der Waals surface area contributed by atoms with Crippen LogP contribution in [0.3, 0.4) is 0 Å². The van der Waals surface area contributed by atoms with Gasteiger partial charge in [-0.05, 0) is 18.6 Å². The van der Waals surface area contributed by atoms with Crippen molar-refractivity contribution in [1.82, 2.24) is 14.5 Å². The van der Waals surface area contributed by atoms with Crippen LogP contribution < -0.4 is 0 Å². The molecule has 5 nitrogen and oxygen atoms in total. The molecular weight excluding hydrogens is 238 g/mol. The summed E-state index contributed by atoms with van der Waals surface area (Å²) < 4.78 is 24.4.